The normalized spacial score (nSPS) is 14.6. The van der Waals surface area contributed by atoms with Crippen molar-refractivity contribution in [3.8, 4) is 0 Å². The second kappa shape index (κ2) is 7.40. The van der Waals surface area contributed by atoms with E-state index in [1.165, 1.54) is 11.5 Å². The van der Waals surface area contributed by atoms with Crippen molar-refractivity contribution in [2.45, 2.75) is 44.9 Å². The molecule has 0 bridgehead atoms. The van der Waals surface area contributed by atoms with Crippen molar-refractivity contribution in [3.05, 3.63) is 11.1 Å². The quantitative estimate of drug-likeness (QED) is 0.486. The number of aliphatic hydroxyl groups is 1. The second-order valence-electron chi connectivity index (χ2n) is 6.49. The SMILES string of the molecule is C[C@](CO)(NC(=O)O)c1nnc(Cl)n1COCC[Si](C)(C)C. The maximum Gasteiger partial charge on any atom is 0.405 e. The van der Waals surface area contributed by atoms with Gasteiger partial charge in [0.2, 0.25) is 5.28 Å². The van der Waals surface area contributed by atoms with Crippen LogP contribution in [-0.2, 0) is 17.0 Å². The van der Waals surface area contributed by atoms with Crippen LogP contribution in [-0.4, -0.2) is 52.4 Å². The molecule has 126 valence electrons. The maximum absolute atomic E-state index is 10.9. The third-order valence-electron chi connectivity index (χ3n) is 3.11. The topological polar surface area (TPSA) is 110 Å². The summed E-state index contributed by atoms with van der Waals surface area (Å²) in [5.41, 5.74) is -1.31. The van der Waals surface area contributed by atoms with Gasteiger partial charge in [-0.3, -0.25) is 4.57 Å². The molecule has 1 aromatic rings. The van der Waals surface area contributed by atoms with E-state index in [4.69, 9.17) is 21.4 Å². The molecule has 0 spiro atoms. The number of nitrogens with zero attached hydrogens (tertiary/aromatic N) is 3. The Bertz CT molecular complexity index is 520. The summed E-state index contributed by atoms with van der Waals surface area (Å²) in [6.07, 6.45) is -1.28. The predicted molar refractivity (Wildman–Crippen MR) is 84.7 cm³/mol. The molecule has 0 aliphatic carbocycles. The predicted octanol–water partition coefficient (Wildman–Crippen LogP) is 1.72. The van der Waals surface area contributed by atoms with Crippen LogP contribution in [0.2, 0.25) is 31.0 Å². The highest BCUT2D eigenvalue weighted by atomic mass is 35.5. The first kappa shape index (κ1) is 18.9. The molecule has 1 atom stereocenters. The van der Waals surface area contributed by atoms with E-state index in [1.54, 1.807) is 0 Å². The first-order chi connectivity index (χ1) is 10.1. The van der Waals surface area contributed by atoms with Crippen molar-refractivity contribution in [1.29, 1.82) is 0 Å². The van der Waals surface area contributed by atoms with Gasteiger partial charge >= 0.3 is 6.09 Å². The van der Waals surface area contributed by atoms with Crippen molar-refractivity contribution in [2.24, 2.45) is 0 Å². The lowest BCUT2D eigenvalue weighted by Gasteiger charge is -2.26. The van der Waals surface area contributed by atoms with Crippen LogP contribution >= 0.6 is 11.6 Å². The van der Waals surface area contributed by atoms with E-state index in [-0.39, 0.29) is 17.8 Å². The number of aliphatic hydroxyl groups excluding tert-OH is 1. The molecule has 0 unspecified atom stereocenters. The highest BCUT2D eigenvalue weighted by Gasteiger charge is 2.34. The number of hydrogen-bond donors (Lipinski definition) is 3. The van der Waals surface area contributed by atoms with E-state index in [9.17, 15) is 9.90 Å². The van der Waals surface area contributed by atoms with Gasteiger partial charge in [-0.15, -0.1) is 10.2 Å². The molecule has 1 aromatic heterocycles. The summed E-state index contributed by atoms with van der Waals surface area (Å²) in [5.74, 6) is 0.204. The maximum atomic E-state index is 10.9. The summed E-state index contributed by atoms with van der Waals surface area (Å²) in [4.78, 5) is 10.9. The van der Waals surface area contributed by atoms with E-state index in [1.807, 2.05) is 0 Å². The van der Waals surface area contributed by atoms with Crippen LogP contribution in [0.1, 0.15) is 12.7 Å². The monoisotopic (exact) mass is 350 g/mol. The van der Waals surface area contributed by atoms with Gasteiger partial charge in [-0.05, 0) is 24.6 Å². The standard InChI is InChI=1S/C12H23ClN4O4Si/c1-12(7-18,14-11(19)20)9-15-16-10(13)17(9)8-21-5-6-22(2,3)4/h14,18H,5-8H2,1-4H3,(H,19,20)/t12-/m1/s1. The van der Waals surface area contributed by atoms with Gasteiger partial charge in [0.25, 0.3) is 0 Å². The Morgan fingerprint density at radius 1 is 1.45 bits per heavy atom. The number of hydrogen-bond acceptors (Lipinski definition) is 5. The largest absolute Gasteiger partial charge is 0.465 e. The van der Waals surface area contributed by atoms with Crippen LogP contribution in [0.5, 0.6) is 0 Å². The van der Waals surface area contributed by atoms with Crippen molar-refractivity contribution in [2.75, 3.05) is 13.2 Å². The smallest absolute Gasteiger partial charge is 0.405 e. The fourth-order valence-corrected chi connectivity index (χ4v) is 2.67. The van der Waals surface area contributed by atoms with E-state index in [2.05, 4.69) is 35.2 Å². The van der Waals surface area contributed by atoms with Gasteiger partial charge in [0.15, 0.2) is 5.82 Å². The lowest BCUT2D eigenvalue weighted by molar-refractivity contribution is 0.0760. The Morgan fingerprint density at radius 3 is 2.59 bits per heavy atom. The summed E-state index contributed by atoms with van der Waals surface area (Å²) in [5, 5.41) is 28.3. The van der Waals surface area contributed by atoms with Gasteiger partial charge in [0, 0.05) is 14.7 Å². The number of aromatic nitrogens is 3. The lowest BCUT2D eigenvalue weighted by atomic mass is 10.0. The molecule has 0 aliphatic rings. The molecule has 0 fully saturated rings. The van der Waals surface area contributed by atoms with Crippen LogP contribution < -0.4 is 5.32 Å². The summed E-state index contributed by atoms with van der Waals surface area (Å²) in [7, 11) is -1.20. The first-order valence-corrected chi connectivity index (χ1v) is 11.0. The number of carbonyl (C=O) groups is 1. The molecule has 8 nitrogen and oxygen atoms in total. The minimum atomic E-state index is -1.31. The van der Waals surface area contributed by atoms with Crippen molar-refractivity contribution in [3.63, 3.8) is 0 Å². The van der Waals surface area contributed by atoms with Crippen LogP contribution in [0, 0.1) is 0 Å². The summed E-state index contributed by atoms with van der Waals surface area (Å²) >= 11 is 5.97. The molecule has 0 radical (unpaired) electrons. The molecule has 0 aromatic carbocycles. The molecule has 0 saturated heterocycles. The first-order valence-electron chi connectivity index (χ1n) is 6.88. The highest BCUT2D eigenvalue weighted by molar-refractivity contribution is 6.76. The number of amides is 1. The van der Waals surface area contributed by atoms with Crippen molar-refractivity contribution in [1.82, 2.24) is 20.1 Å². The third-order valence-corrected chi connectivity index (χ3v) is 5.10. The zero-order chi connectivity index (χ0) is 17.0. The zero-order valence-corrected chi connectivity index (χ0v) is 15.0. The number of carboxylic acid groups (broad SMARTS) is 1. The number of halogens is 1. The summed E-state index contributed by atoms with van der Waals surface area (Å²) in [6.45, 7) is 8.42. The Morgan fingerprint density at radius 2 is 2.09 bits per heavy atom. The molecule has 10 heteroatoms. The van der Waals surface area contributed by atoms with Gasteiger partial charge in [-0.1, -0.05) is 19.6 Å². The van der Waals surface area contributed by atoms with E-state index >= 15 is 0 Å². The second-order valence-corrected chi connectivity index (χ2v) is 12.4. The molecule has 3 N–H and O–H groups in total. The Kier molecular flexibility index (Phi) is 6.35. The summed E-state index contributed by atoms with van der Waals surface area (Å²) < 4.78 is 7.04. The number of ether oxygens (including phenoxy) is 1. The fraction of sp³-hybridized carbons (Fsp3) is 0.750. The summed E-state index contributed by atoms with van der Waals surface area (Å²) in [6, 6.07) is 0.993. The van der Waals surface area contributed by atoms with Gasteiger partial charge in [0.05, 0.1) is 6.61 Å². The van der Waals surface area contributed by atoms with E-state index < -0.39 is 26.3 Å². The van der Waals surface area contributed by atoms with Crippen molar-refractivity contribution < 1.29 is 19.7 Å². The van der Waals surface area contributed by atoms with Crippen LogP contribution in [0.25, 0.3) is 0 Å². The van der Waals surface area contributed by atoms with Crippen LogP contribution in [0.4, 0.5) is 4.79 Å². The molecule has 1 heterocycles. The zero-order valence-electron chi connectivity index (χ0n) is 13.3. The van der Waals surface area contributed by atoms with Crippen LogP contribution in [0.3, 0.4) is 0 Å². The van der Waals surface area contributed by atoms with Crippen molar-refractivity contribution >= 4 is 25.8 Å². The molecule has 22 heavy (non-hydrogen) atoms. The minimum Gasteiger partial charge on any atom is -0.465 e. The average Bonchev–Trinajstić information content (AvgIpc) is 2.75. The lowest BCUT2D eigenvalue weighted by Crippen LogP contribution is -2.47. The Balaban J connectivity index is 2.84. The Labute approximate surface area is 135 Å². The molecule has 1 rings (SSSR count). The highest BCUT2D eigenvalue weighted by Crippen LogP contribution is 2.21. The third kappa shape index (κ3) is 5.23. The number of rotatable bonds is 8. The van der Waals surface area contributed by atoms with Gasteiger partial charge in [-0.25, -0.2) is 4.79 Å². The Hall–Kier alpha value is -1.16. The minimum absolute atomic E-state index is 0.0786. The molecular formula is C12H23ClN4O4Si. The van der Waals surface area contributed by atoms with Gasteiger partial charge < -0.3 is 20.3 Å². The van der Waals surface area contributed by atoms with Gasteiger partial charge in [0.1, 0.15) is 12.3 Å². The van der Waals surface area contributed by atoms with Gasteiger partial charge in [-0.2, -0.15) is 0 Å². The molecule has 0 aliphatic heterocycles. The average molecular weight is 351 g/mol. The van der Waals surface area contributed by atoms with E-state index in [0.29, 0.717) is 6.61 Å². The fourth-order valence-electron chi connectivity index (χ4n) is 1.74. The molecule has 0 saturated carbocycles. The van der Waals surface area contributed by atoms with E-state index in [0.717, 1.165) is 6.04 Å². The molecular weight excluding hydrogens is 328 g/mol. The van der Waals surface area contributed by atoms with Crippen LogP contribution in [0.15, 0.2) is 0 Å². The molecule has 1 amide bonds. The number of nitrogens with one attached hydrogen (secondary N) is 1.